The maximum Gasteiger partial charge on any atom is 0.259 e. The molecule has 1 radical (unpaired) electrons. The van der Waals surface area contributed by atoms with Crippen LogP contribution in [0.15, 0.2) is 0 Å². The average Bonchev–Trinajstić information content (AvgIpc) is 2.02. The highest BCUT2D eigenvalue weighted by Crippen LogP contribution is 2.13. The fourth-order valence-electron chi connectivity index (χ4n) is 0.437. The standard InChI is InChI=1S/C4H7N2O6S2/c1-4(13(9,10)5-2-7)14(11,12)6-3-8/h2-3H,1H3,(H,5,7)(H,6,8). The van der Waals surface area contributed by atoms with Crippen molar-refractivity contribution in [3.05, 3.63) is 4.58 Å². The third kappa shape index (κ3) is 2.96. The molecular formula is C4H7N2O6S2. The minimum atomic E-state index is -4.40. The number of rotatable bonds is 6. The quantitative estimate of drug-likeness (QED) is 0.503. The molecule has 10 heteroatoms. The summed E-state index contributed by atoms with van der Waals surface area (Å²) < 4.78 is 45.3. The lowest BCUT2D eigenvalue weighted by Crippen LogP contribution is -2.36. The van der Waals surface area contributed by atoms with Gasteiger partial charge >= 0.3 is 0 Å². The highest BCUT2D eigenvalue weighted by molar-refractivity contribution is 8.11. The Morgan fingerprint density at radius 1 is 0.929 bits per heavy atom. The second-order valence-corrected chi connectivity index (χ2v) is 5.94. The summed E-state index contributed by atoms with van der Waals surface area (Å²) in [7, 11) is -8.80. The van der Waals surface area contributed by atoms with E-state index < -0.39 is 24.6 Å². The van der Waals surface area contributed by atoms with E-state index in [1.807, 2.05) is 0 Å². The van der Waals surface area contributed by atoms with E-state index in [-0.39, 0.29) is 12.8 Å². The van der Waals surface area contributed by atoms with E-state index in [1.54, 1.807) is 0 Å². The number of amides is 2. The Labute approximate surface area is 80.8 Å². The smallest absolute Gasteiger partial charge is 0.259 e. The van der Waals surface area contributed by atoms with Crippen molar-refractivity contribution in [3.8, 4) is 0 Å². The molecule has 0 saturated carbocycles. The molecule has 0 fully saturated rings. The van der Waals surface area contributed by atoms with Gasteiger partial charge in [-0.25, -0.2) is 16.8 Å². The van der Waals surface area contributed by atoms with E-state index in [2.05, 4.69) is 0 Å². The van der Waals surface area contributed by atoms with Crippen LogP contribution in [0.5, 0.6) is 0 Å². The molecular weight excluding hydrogens is 236 g/mol. The molecule has 2 N–H and O–H groups in total. The predicted octanol–water partition coefficient (Wildman–Crippen LogP) is -2.35. The molecule has 0 aliphatic rings. The van der Waals surface area contributed by atoms with Gasteiger partial charge in [0.1, 0.15) is 0 Å². The molecule has 0 atom stereocenters. The largest absolute Gasteiger partial charge is 0.278 e. The second-order valence-electron chi connectivity index (χ2n) is 1.97. The van der Waals surface area contributed by atoms with Crippen LogP contribution in [0, 0.1) is 4.58 Å². The van der Waals surface area contributed by atoms with Gasteiger partial charge in [-0.15, -0.1) is 0 Å². The minimum Gasteiger partial charge on any atom is -0.278 e. The predicted molar refractivity (Wildman–Crippen MR) is 45.2 cm³/mol. The van der Waals surface area contributed by atoms with Crippen LogP contribution in [0.25, 0.3) is 0 Å². The van der Waals surface area contributed by atoms with Gasteiger partial charge in [0.15, 0.2) is 0 Å². The molecule has 0 unspecified atom stereocenters. The number of carbonyl (C=O) groups excluding carboxylic acids is 2. The van der Waals surface area contributed by atoms with E-state index in [0.717, 1.165) is 6.92 Å². The number of hydrogen-bond donors (Lipinski definition) is 2. The first kappa shape index (κ1) is 12.8. The van der Waals surface area contributed by atoms with Gasteiger partial charge in [0, 0.05) is 0 Å². The summed E-state index contributed by atoms with van der Waals surface area (Å²) in [6.45, 7) is 0.734. The van der Waals surface area contributed by atoms with Gasteiger partial charge < -0.3 is 0 Å². The normalized spacial score (nSPS) is 12.1. The number of sulfonamides is 2. The average molecular weight is 243 g/mol. The first-order valence-corrected chi connectivity index (χ1v) is 6.00. The Balaban J connectivity index is 5.05. The van der Waals surface area contributed by atoms with Crippen LogP contribution in [-0.2, 0) is 29.6 Å². The lowest BCUT2D eigenvalue weighted by Gasteiger charge is -2.09. The van der Waals surface area contributed by atoms with E-state index in [0.29, 0.717) is 0 Å². The third-order valence-electron chi connectivity index (χ3n) is 1.16. The summed E-state index contributed by atoms with van der Waals surface area (Å²) in [5.74, 6) is 0. The van der Waals surface area contributed by atoms with Gasteiger partial charge in [0.25, 0.3) is 20.0 Å². The first-order valence-electron chi connectivity index (χ1n) is 3.03. The summed E-state index contributed by atoms with van der Waals surface area (Å²) >= 11 is 0. The molecule has 0 spiro atoms. The Morgan fingerprint density at radius 2 is 1.21 bits per heavy atom. The molecule has 0 heterocycles. The highest BCUT2D eigenvalue weighted by Gasteiger charge is 2.34. The van der Waals surface area contributed by atoms with Crippen molar-refractivity contribution in [1.82, 2.24) is 9.44 Å². The zero-order chi connectivity index (χ0) is 11.4. The fraction of sp³-hybridized carbons (Fsp3) is 0.250. The van der Waals surface area contributed by atoms with Crippen molar-refractivity contribution in [3.63, 3.8) is 0 Å². The Hall–Kier alpha value is -1.16. The lowest BCUT2D eigenvalue weighted by molar-refractivity contribution is -0.108. The summed E-state index contributed by atoms with van der Waals surface area (Å²) in [6.07, 6.45) is -0.371. The van der Waals surface area contributed by atoms with Crippen molar-refractivity contribution in [2.45, 2.75) is 6.92 Å². The van der Waals surface area contributed by atoms with Crippen LogP contribution in [0.1, 0.15) is 6.92 Å². The monoisotopic (exact) mass is 243 g/mol. The molecule has 0 rings (SSSR count). The van der Waals surface area contributed by atoms with Gasteiger partial charge in [-0.3, -0.25) is 19.0 Å². The molecule has 0 aromatic heterocycles. The summed E-state index contributed by atoms with van der Waals surface area (Å²) in [5.41, 5.74) is 0. The van der Waals surface area contributed by atoms with Crippen LogP contribution >= 0.6 is 0 Å². The van der Waals surface area contributed by atoms with Crippen molar-refractivity contribution in [2.24, 2.45) is 0 Å². The molecule has 8 nitrogen and oxygen atoms in total. The maximum atomic E-state index is 10.9. The molecule has 0 aliphatic heterocycles. The molecule has 0 aromatic carbocycles. The van der Waals surface area contributed by atoms with Gasteiger partial charge in [-0.2, -0.15) is 0 Å². The van der Waals surface area contributed by atoms with Crippen molar-refractivity contribution < 1.29 is 26.4 Å². The second kappa shape index (κ2) is 4.37. The number of carbonyl (C=O) groups is 2. The Kier molecular flexibility index (Phi) is 4.01. The SMILES string of the molecule is C[C](S(=O)(=O)NC=O)S(=O)(=O)NC=O. The summed E-state index contributed by atoms with van der Waals surface area (Å²) in [5, 5.41) is 0. The van der Waals surface area contributed by atoms with Crippen LogP contribution in [0.3, 0.4) is 0 Å². The van der Waals surface area contributed by atoms with E-state index in [1.165, 1.54) is 9.44 Å². The molecule has 81 valence electrons. The molecule has 0 aromatic rings. The number of hydrogen-bond acceptors (Lipinski definition) is 6. The summed E-state index contributed by atoms with van der Waals surface area (Å²) in [4.78, 5) is 19.6. The molecule has 0 saturated heterocycles. The van der Waals surface area contributed by atoms with Crippen LogP contribution in [0.4, 0.5) is 0 Å². The van der Waals surface area contributed by atoms with Gasteiger partial charge in [0.2, 0.25) is 17.4 Å². The van der Waals surface area contributed by atoms with E-state index in [4.69, 9.17) is 0 Å². The topological polar surface area (TPSA) is 126 Å². The van der Waals surface area contributed by atoms with E-state index in [9.17, 15) is 26.4 Å². The molecule has 0 bridgehead atoms. The van der Waals surface area contributed by atoms with Gasteiger partial charge in [0.05, 0.1) is 0 Å². The zero-order valence-corrected chi connectivity index (χ0v) is 8.55. The number of nitrogens with one attached hydrogen (secondary N) is 2. The fourth-order valence-corrected chi connectivity index (χ4v) is 2.47. The van der Waals surface area contributed by atoms with Gasteiger partial charge in [-0.05, 0) is 6.92 Å². The molecule has 0 aliphatic carbocycles. The van der Waals surface area contributed by atoms with Crippen LogP contribution in [0.2, 0.25) is 0 Å². The maximum absolute atomic E-state index is 10.9. The van der Waals surface area contributed by atoms with Crippen LogP contribution in [-0.4, -0.2) is 29.7 Å². The first-order chi connectivity index (χ1) is 6.28. The zero-order valence-electron chi connectivity index (χ0n) is 6.92. The molecule has 14 heavy (non-hydrogen) atoms. The van der Waals surface area contributed by atoms with Crippen molar-refractivity contribution in [2.75, 3.05) is 0 Å². The van der Waals surface area contributed by atoms with E-state index >= 15 is 0 Å². The Bertz CT molecular complexity index is 369. The minimum absolute atomic E-state index is 0.185. The highest BCUT2D eigenvalue weighted by atomic mass is 32.3. The Morgan fingerprint density at radius 3 is 1.43 bits per heavy atom. The van der Waals surface area contributed by atoms with Crippen molar-refractivity contribution in [1.29, 1.82) is 0 Å². The third-order valence-corrected chi connectivity index (χ3v) is 4.81. The van der Waals surface area contributed by atoms with Crippen molar-refractivity contribution >= 4 is 32.9 Å². The molecule has 2 amide bonds. The van der Waals surface area contributed by atoms with Crippen LogP contribution < -0.4 is 9.44 Å². The van der Waals surface area contributed by atoms with Gasteiger partial charge in [-0.1, -0.05) is 0 Å². The lowest BCUT2D eigenvalue weighted by atomic mass is 11.0. The summed E-state index contributed by atoms with van der Waals surface area (Å²) in [6, 6.07) is 0.